The molecule has 0 saturated heterocycles. The van der Waals surface area contributed by atoms with E-state index in [0.717, 1.165) is 0 Å². The maximum atomic E-state index is 11.2. The van der Waals surface area contributed by atoms with Crippen molar-refractivity contribution in [3.05, 3.63) is 0 Å². The van der Waals surface area contributed by atoms with Gasteiger partial charge < -0.3 is 9.67 Å². The van der Waals surface area contributed by atoms with Crippen LogP contribution in [0.2, 0.25) is 0 Å². The third-order valence-electron chi connectivity index (χ3n) is 1.42. The Labute approximate surface area is 60.8 Å². The summed E-state index contributed by atoms with van der Waals surface area (Å²) >= 11 is 0. The first-order chi connectivity index (χ1) is 4.39. The molecule has 0 aliphatic rings. The van der Waals surface area contributed by atoms with Gasteiger partial charge in [-0.25, -0.2) is 0 Å². The first-order valence-corrected chi connectivity index (χ1v) is 5.84. The molecule has 0 fully saturated rings. The van der Waals surface area contributed by atoms with Crippen LogP contribution in [0.25, 0.3) is 0 Å². The van der Waals surface area contributed by atoms with Crippen LogP contribution in [0.5, 0.6) is 0 Å². The Kier molecular flexibility index (Phi) is 3.10. The second-order valence-corrected chi connectivity index (χ2v) is 6.19. The first kappa shape index (κ1) is 9.70. The summed E-state index contributed by atoms with van der Waals surface area (Å²) in [4.78, 5) is 10.4. The molecule has 1 N–H and O–H groups in total. The van der Waals surface area contributed by atoms with E-state index in [2.05, 4.69) is 0 Å². The zero-order valence-corrected chi connectivity index (χ0v) is 7.39. The molecule has 4 heteroatoms. The summed E-state index contributed by atoms with van der Waals surface area (Å²) in [7, 11) is -2.43. The van der Waals surface area contributed by atoms with Gasteiger partial charge in [-0.2, -0.15) is 0 Å². The van der Waals surface area contributed by atoms with E-state index in [1.807, 2.05) is 0 Å². The van der Waals surface area contributed by atoms with Crippen molar-refractivity contribution in [2.45, 2.75) is 19.0 Å². The molecule has 0 heterocycles. The maximum absolute atomic E-state index is 11.2. The Hall–Kier alpha value is -0.300. The van der Waals surface area contributed by atoms with Crippen molar-refractivity contribution in [3.8, 4) is 0 Å². The van der Waals surface area contributed by atoms with Gasteiger partial charge in [0.15, 0.2) is 0 Å². The highest BCUT2D eigenvalue weighted by Gasteiger charge is 2.27. The Bertz CT molecular complexity index is 170. The summed E-state index contributed by atoms with van der Waals surface area (Å²) in [5.74, 6) is -0.948. The molecule has 0 spiro atoms. The van der Waals surface area contributed by atoms with Gasteiger partial charge in [0.25, 0.3) is 0 Å². The minimum absolute atomic E-state index is 0.444. The molecular weight excluding hydrogens is 151 g/mol. The molecule has 10 heavy (non-hydrogen) atoms. The van der Waals surface area contributed by atoms with Crippen LogP contribution >= 0.6 is 7.14 Å². The van der Waals surface area contributed by atoms with Crippen molar-refractivity contribution >= 4 is 13.1 Å². The van der Waals surface area contributed by atoms with E-state index in [0.29, 0.717) is 6.42 Å². The van der Waals surface area contributed by atoms with Crippen molar-refractivity contribution in [3.63, 3.8) is 0 Å². The van der Waals surface area contributed by atoms with E-state index < -0.39 is 18.8 Å². The summed E-state index contributed by atoms with van der Waals surface area (Å²) in [6, 6.07) is 0. The Morgan fingerprint density at radius 2 is 2.00 bits per heavy atom. The Morgan fingerprint density at radius 3 is 2.00 bits per heavy atom. The number of carboxylic acids is 1. The maximum Gasteiger partial charge on any atom is 0.313 e. The minimum atomic E-state index is -2.43. The van der Waals surface area contributed by atoms with Crippen LogP contribution in [0.1, 0.15) is 13.3 Å². The van der Waals surface area contributed by atoms with Gasteiger partial charge in [-0.3, -0.25) is 4.79 Å². The van der Waals surface area contributed by atoms with Gasteiger partial charge in [0.2, 0.25) is 0 Å². The molecular formula is C6H13O3P. The van der Waals surface area contributed by atoms with E-state index in [-0.39, 0.29) is 0 Å². The summed E-state index contributed by atoms with van der Waals surface area (Å²) in [6.07, 6.45) is 0.444. The smallest absolute Gasteiger partial charge is 0.313 e. The van der Waals surface area contributed by atoms with Crippen molar-refractivity contribution in [2.75, 3.05) is 13.3 Å². The predicted molar refractivity (Wildman–Crippen MR) is 41.2 cm³/mol. The van der Waals surface area contributed by atoms with Crippen LogP contribution in [-0.2, 0) is 9.36 Å². The van der Waals surface area contributed by atoms with Gasteiger partial charge >= 0.3 is 5.97 Å². The van der Waals surface area contributed by atoms with Gasteiger partial charge in [0, 0.05) is 0 Å². The van der Waals surface area contributed by atoms with Gasteiger partial charge in [-0.05, 0) is 19.8 Å². The fraction of sp³-hybridized carbons (Fsp3) is 0.833. The van der Waals surface area contributed by atoms with Crippen LogP contribution in [-0.4, -0.2) is 30.1 Å². The molecule has 0 aromatic heterocycles. The van der Waals surface area contributed by atoms with Crippen molar-refractivity contribution < 1.29 is 14.5 Å². The van der Waals surface area contributed by atoms with Crippen molar-refractivity contribution in [1.82, 2.24) is 0 Å². The van der Waals surface area contributed by atoms with Crippen LogP contribution in [0.15, 0.2) is 0 Å². The highest BCUT2D eigenvalue weighted by Crippen LogP contribution is 2.43. The van der Waals surface area contributed by atoms with Crippen LogP contribution in [0, 0.1) is 0 Å². The minimum Gasteiger partial charge on any atom is -0.481 e. The molecule has 0 aliphatic carbocycles. The molecule has 0 rings (SSSR count). The van der Waals surface area contributed by atoms with Crippen LogP contribution < -0.4 is 0 Å². The zero-order chi connectivity index (χ0) is 8.36. The molecule has 0 aromatic carbocycles. The number of carbonyl (C=O) groups is 1. The van der Waals surface area contributed by atoms with Gasteiger partial charge in [0.1, 0.15) is 5.66 Å². The van der Waals surface area contributed by atoms with E-state index in [1.165, 1.54) is 13.3 Å². The molecule has 0 amide bonds. The van der Waals surface area contributed by atoms with Crippen LogP contribution in [0.4, 0.5) is 0 Å². The Balaban J connectivity index is 4.38. The van der Waals surface area contributed by atoms with Crippen LogP contribution in [0.3, 0.4) is 0 Å². The normalized spacial score (nSPS) is 14.7. The molecule has 0 bridgehead atoms. The standard InChI is InChI=1S/C6H13O3P/c1-4-5(6(7)8)10(2,3)9/h5H,4H2,1-3H3,(H,7,8). The number of carboxylic acid groups (broad SMARTS) is 1. The molecule has 0 saturated carbocycles. The van der Waals surface area contributed by atoms with Gasteiger partial charge in [0.05, 0.1) is 7.14 Å². The molecule has 1 unspecified atom stereocenters. The van der Waals surface area contributed by atoms with E-state index in [4.69, 9.17) is 5.11 Å². The SMILES string of the molecule is CCC(C(=O)O)P(C)(C)=O. The Morgan fingerprint density at radius 1 is 1.60 bits per heavy atom. The second-order valence-electron chi connectivity index (χ2n) is 2.70. The molecule has 1 atom stereocenters. The monoisotopic (exact) mass is 164 g/mol. The number of hydrogen-bond acceptors (Lipinski definition) is 2. The van der Waals surface area contributed by atoms with E-state index in [1.54, 1.807) is 6.92 Å². The van der Waals surface area contributed by atoms with Crippen molar-refractivity contribution in [2.24, 2.45) is 0 Å². The topological polar surface area (TPSA) is 54.4 Å². The quantitative estimate of drug-likeness (QED) is 0.642. The number of hydrogen-bond donors (Lipinski definition) is 1. The molecule has 0 aromatic rings. The second kappa shape index (κ2) is 3.20. The zero-order valence-electron chi connectivity index (χ0n) is 6.50. The fourth-order valence-electron chi connectivity index (χ4n) is 0.880. The summed E-state index contributed by atoms with van der Waals surface area (Å²) in [5, 5.41) is 8.54. The summed E-state index contributed by atoms with van der Waals surface area (Å²) in [5.41, 5.74) is -0.660. The number of rotatable bonds is 3. The molecule has 60 valence electrons. The third-order valence-corrected chi connectivity index (χ3v) is 3.51. The van der Waals surface area contributed by atoms with Gasteiger partial charge in [-0.15, -0.1) is 0 Å². The van der Waals surface area contributed by atoms with Gasteiger partial charge in [-0.1, -0.05) is 6.92 Å². The lowest BCUT2D eigenvalue weighted by Crippen LogP contribution is -2.18. The largest absolute Gasteiger partial charge is 0.481 e. The summed E-state index contributed by atoms with van der Waals surface area (Å²) < 4.78 is 11.2. The lowest BCUT2D eigenvalue weighted by molar-refractivity contribution is -0.136. The highest BCUT2D eigenvalue weighted by atomic mass is 31.2. The van der Waals surface area contributed by atoms with Crippen molar-refractivity contribution in [1.29, 1.82) is 0 Å². The predicted octanol–water partition coefficient (Wildman–Crippen LogP) is 1.47. The lowest BCUT2D eigenvalue weighted by Gasteiger charge is -2.13. The third kappa shape index (κ3) is 2.53. The fourth-order valence-corrected chi connectivity index (χ4v) is 2.29. The van der Waals surface area contributed by atoms with E-state index in [9.17, 15) is 9.36 Å². The highest BCUT2D eigenvalue weighted by molar-refractivity contribution is 7.64. The number of aliphatic carboxylic acids is 1. The first-order valence-electron chi connectivity index (χ1n) is 3.17. The average molecular weight is 164 g/mol. The molecule has 0 radical (unpaired) electrons. The lowest BCUT2D eigenvalue weighted by atomic mass is 10.3. The molecule has 0 aliphatic heterocycles. The average Bonchev–Trinajstić information content (AvgIpc) is 1.60. The van der Waals surface area contributed by atoms with E-state index >= 15 is 0 Å². The summed E-state index contributed by atoms with van der Waals surface area (Å²) in [6.45, 7) is 4.75. The molecule has 3 nitrogen and oxygen atoms in total.